The molecule has 1 fully saturated rings. The van der Waals surface area contributed by atoms with Crippen LogP contribution in [0.4, 0.5) is 5.00 Å². The molecule has 0 unspecified atom stereocenters. The van der Waals surface area contributed by atoms with E-state index in [0.29, 0.717) is 16.9 Å². The van der Waals surface area contributed by atoms with Crippen LogP contribution in [0, 0.1) is 42.4 Å². The monoisotopic (exact) mass is 318 g/mol. The van der Waals surface area contributed by atoms with Gasteiger partial charge in [0, 0.05) is 10.8 Å². The van der Waals surface area contributed by atoms with Crippen LogP contribution in [-0.2, 0) is 4.79 Å². The molecule has 0 spiro atoms. The molecule has 3 nitrogen and oxygen atoms in total. The number of anilines is 1. The predicted molar refractivity (Wildman–Crippen MR) is 92.0 cm³/mol. The Morgan fingerprint density at radius 3 is 2.32 bits per heavy atom. The molecule has 1 aromatic rings. The number of rotatable bonds is 2. The maximum absolute atomic E-state index is 12.5. The van der Waals surface area contributed by atoms with Gasteiger partial charge in [-0.15, -0.1) is 11.3 Å². The molecule has 0 saturated heterocycles. The van der Waals surface area contributed by atoms with Crippen LogP contribution in [0.1, 0.15) is 62.5 Å². The number of nitrogens with one attached hydrogen (secondary N) is 1. The van der Waals surface area contributed by atoms with Crippen molar-refractivity contribution in [3.63, 3.8) is 0 Å². The molecule has 1 aromatic heterocycles. The first-order chi connectivity index (χ1) is 10.2. The minimum absolute atomic E-state index is 0.0881. The second kappa shape index (κ2) is 6.42. The molecule has 0 aliphatic heterocycles. The van der Waals surface area contributed by atoms with E-state index in [-0.39, 0.29) is 11.8 Å². The first kappa shape index (κ1) is 17.0. The fourth-order valence-corrected chi connectivity index (χ4v) is 4.30. The zero-order valence-corrected chi connectivity index (χ0v) is 15.1. The zero-order chi connectivity index (χ0) is 16.5. The summed E-state index contributed by atoms with van der Waals surface area (Å²) < 4.78 is 0. The maximum atomic E-state index is 12.5. The highest BCUT2D eigenvalue weighted by atomic mass is 32.1. The molecular weight excluding hydrogens is 292 g/mol. The Labute approximate surface area is 137 Å². The number of amides is 1. The maximum Gasteiger partial charge on any atom is 0.228 e. The highest BCUT2D eigenvalue weighted by molar-refractivity contribution is 7.16. The van der Waals surface area contributed by atoms with Crippen molar-refractivity contribution in [2.24, 2.45) is 17.3 Å². The number of carbonyl (C=O) groups excluding carboxylic acids is 1. The Kier molecular flexibility index (Phi) is 4.97. The van der Waals surface area contributed by atoms with Gasteiger partial charge in [-0.1, -0.05) is 20.8 Å². The second-order valence-corrected chi connectivity index (χ2v) is 8.73. The molecule has 1 heterocycles. The van der Waals surface area contributed by atoms with Crippen LogP contribution in [-0.4, -0.2) is 5.91 Å². The standard InChI is InChI=1S/C18H26N2OS/c1-11-12(2)22-17(15(11)10-19)20-16(21)13-6-8-14(9-7-13)18(3,4)5/h13-14H,6-9H2,1-5H3,(H,20,21). The van der Waals surface area contributed by atoms with Gasteiger partial charge in [0.2, 0.25) is 5.91 Å². The van der Waals surface area contributed by atoms with Gasteiger partial charge in [0.1, 0.15) is 11.1 Å². The Morgan fingerprint density at radius 1 is 1.23 bits per heavy atom. The van der Waals surface area contributed by atoms with Crippen LogP contribution in [0.25, 0.3) is 0 Å². The van der Waals surface area contributed by atoms with Gasteiger partial charge in [-0.3, -0.25) is 4.79 Å². The van der Waals surface area contributed by atoms with E-state index in [1.807, 2.05) is 13.8 Å². The van der Waals surface area contributed by atoms with E-state index in [2.05, 4.69) is 32.2 Å². The lowest BCUT2D eigenvalue weighted by atomic mass is 9.70. The van der Waals surface area contributed by atoms with Crippen molar-refractivity contribution in [1.29, 1.82) is 5.26 Å². The first-order valence-corrected chi connectivity index (χ1v) is 8.86. The summed E-state index contributed by atoms with van der Waals surface area (Å²) in [6, 6.07) is 2.22. The Morgan fingerprint density at radius 2 is 1.82 bits per heavy atom. The topological polar surface area (TPSA) is 52.9 Å². The molecule has 0 bridgehead atoms. The molecule has 0 atom stereocenters. The van der Waals surface area contributed by atoms with E-state index < -0.39 is 0 Å². The number of carbonyl (C=O) groups is 1. The van der Waals surface area contributed by atoms with Gasteiger partial charge >= 0.3 is 0 Å². The number of aryl methyl sites for hydroxylation is 1. The quantitative estimate of drug-likeness (QED) is 0.831. The van der Waals surface area contributed by atoms with Crippen molar-refractivity contribution in [2.45, 2.75) is 60.3 Å². The molecular formula is C18H26N2OS. The lowest BCUT2D eigenvalue weighted by Gasteiger charge is -2.36. The lowest BCUT2D eigenvalue weighted by Crippen LogP contribution is -2.31. The third-order valence-corrected chi connectivity index (χ3v) is 6.18. The number of nitrogens with zero attached hydrogens (tertiary/aromatic N) is 1. The van der Waals surface area contributed by atoms with Crippen LogP contribution >= 0.6 is 11.3 Å². The average Bonchev–Trinajstić information content (AvgIpc) is 2.72. The van der Waals surface area contributed by atoms with E-state index in [4.69, 9.17) is 0 Å². The zero-order valence-electron chi connectivity index (χ0n) is 14.2. The molecule has 120 valence electrons. The summed E-state index contributed by atoms with van der Waals surface area (Å²) in [5, 5.41) is 13.0. The molecule has 1 saturated carbocycles. The molecule has 1 aliphatic rings. The Balaban J connectivity index is 2.00. The molecule has 2 rings (SSSR count). The number of nitriles is 1. The molecule has 1 aliphatic carbocycles. The molecule has 1 N–H and O–H groups in total. The van der Waals surface area contributed by atoms with Gasteiger partial charge < -0.3 is 5.32 Å². The van der Waals surface area contributed by atoms with Crippen molar-refractivity contribution in [1.82, 2.24) is 0 Å². The smallest absolute Gasteiger partial charge is 0.228 e. The third-order valence-electron chi connectivity index (χ3n) is 5.06. The van der Waals surface area contributed by atoms with Gasteiger partial charge in [-0.05, 0) is 56.4 Å². The number of hydrogen-bond donors (Lipinski definition) is 1. The Bertz CT molecular complexity index is 596. The summed E-state index contributed by atoms with van der Waals surface area (Å²) >= 11 is 1.51. The second-order valence-electron chi connectivity index (χ2n) is 7.50. The van der Waals surface area contributed by atoms with Gasteiger partial charge in [-0.2, -0.15) is 5.26 Å². The number of hydrogen-bond acceptors (Lipinski definition) is 3. The van der Waals surface area contributed by atoms with Crippen molar-refractivity contribution < 1.29 is 4.79 Å². The van der Waals surface area contributed by atoms with Crippen molar-refractivity contribution >= 4 is 22.2 Å². The van der Waals surface area contributed by atoms with E-state index in [0.717, 1.165) is 41.1 Å². The third kappa shape index (κ3) is 3.52. The van der Waals surface area contributed by atoms with E-state index in [1.165, 1.54) is 11.3 Å². The molecule has 4 heteroatoms. The molecule has 0 aromatic carbocycles. The Hall–Kier alpha value is -1.34. The fourth-order valence-electron chi connectivity index (χ4n) is 3.29. The van der Waals surface area contributed by atoms with Crippen molar-refractivity contribution in [2.75, 3.05) is 5.32 Å². The van der Waals surface area contributed by atoms with Crippen LogP contribution in [0.15, 0.2) is 0 Å². The minimum atomic E-state index is 0.0881. The number of thiophene rings is 1. The highest BCUT2D eigenvalue weighted by Gasteiger charge is 2.32. The first-order valence-electron chi connectivity index (χ1n) is 8.05. The minimum Gasteiger partial charge on any atom is -0.316 e. The SMILES string of the molecule is Cc1sc(NC(=O)C2CCC(C(C)(C)C)CC2)c(C#N)c1C. The van der Waals surface area contributed by atoms with Crippen LogP contribution in [0.3, 0.4) is 0 Å². The van der Waals surface area contributed by atoms with Gasteiger partial charge in [0.05, 0.1) is 5.56 Å². The van der Waals surface area contributed by atoms with E-state index in [1.54, 1.807) is 0 Å². The highest BCUT2D eigenvalue weighted by Crippen LogP contribution is 2.40. The van der Waals surface area contributed by atoms with Gasteiger partial charge in [-0.25, -0.2) is 0 Å². The van der Waals surface area contributed by atoms with E-state index in [9.17, 15) is 10.1 Å². The van der Waals surface area contributed by atoms with Crippen LogP contribution < -0.4 is 5.32 Å². The summed E-state index contributed by atoms with van der Waals surface area (Å²) in [5.74, 6) is 0.885. The van der Waals surface area contributed by atoms with Crippen molar-refractivity contribution in [3.8, 4) is 6.07 Å². The summed E-state index contributed by atoms with van der Waals surface area (Å²) in [6.07, 6.45) is 4.16. The van der Waals surface area contributed by atoms with Crippen LogP contribution in [0.2, 0.25) is 0 Å². The van der Waals surface area contributed by atoms with Gasteiger partial charge in [0.25, 0.3) is 0 Å². The molecule has 22 heavy (non-hydrogen) atoms. The van der Waals surface area contributed by atoms with Crippen LogP contribution in [0.5, 0.6) is 0 Å². The summed E-state index contributed by atoms with van der Waals surface area (Å²) in [6.45, 7) is 10.8. The summed E-state index contributed by atoms with van der Waals surface area (Å²) in [4.78, 5) is 13.6. The summed E-state index contributed by atoms with van der Waals surface area (Å²) in [5.41, 5.74) is 1.94. The van der Waals surface area contributed by atoms with Crippen molar-refractivity contribution in [3.05, 3.63) is 16.0 Å². The normalized spacial score (nSPS) is 22.2. The molecule has 0 radical (unpaired) electrons. The average molecular weight is 318 g/mol. The summed E-state index contributed by atoms with van der Waals surface area (Å²) in [7, 11) is 0. The largest absolute Gasteiger partial charge is 0.316 e. The predicted octanol–water partition coefficient (Wildman–Crippen LogP) is 5.03. The fraction of sp³-hybridized carbons (Fsp3) is 0.667. The lowest BCUT2D eigenvalue weighted by molar-refractivity contribution is -0.121. The van der Waals surface area contributed by atoms with E-state index >= 15 is 0 Å². The van der Waals surface area contributed by atoms with Gasteiger partial charge in [0.15, 0.2) is 0 Å². The molecule has 1 amide bonds.